The number of piperidine rings is 1. The van der Waals surface area contributed by atoms with Gasteiger partial charge in [0.25, 0.3) is 5.91 Å². The molecule has 1 aliphatic rings. The molecule has 3 aromatic rings. The van der Waals surface area contributed by atoms with Gasteiger partial charge >= 0.3 is 0 Å². The third kappa shape index (κ3) is 3.72. The molecule has 29 heavy (non-hydrogen) atoms. The maximum Gasteiger partial charge on any atom is 0.255 e. The van der Waals surface area contributed by atoms with Crippen LogP contribution in [0.3, 0.4) is 0 Å². The van der Waals surface area contributed by atoms with Crippen LogP contribution in [0.25, 0.3) is 11.1 Å². The van der Waals surface area contributed by atoms with Crippen molar-refractivity contribution in [2.24, 2.45) is 0 Å². The first-order valence-corrected chi connectivity index (χ1v) is 9.67. The number of hydrogen-bond acceptors (Lipinski definition) is 4. The monoisotopic (exact) mass is 386 g/mol. The summed E-state index contributed by atoms with van der Waals surface area (Å²) >= 11 is 0. The number of nitrogens with zero attached hydrogens (tertiary/aromatic N) is 3. The second kappa shape index (κ2) is 8.19. The van der Waals surface area contributed by atoms with Crippen LogP contribution >= 0.6 is 0 Å². The van der Waals surface area contributed by atoms with Crippen molar-refractivity contribution in [1.82, 2.24) is 15.1 Å². The number of benzene rings is 2. The van der Waals surface area contributed by atoms with E-state index >= 15 is 0 Å². The summed E-state index contributed by atoms with van der Waals surface area (Å²) in [5.41, 5.74) is 4.14. The van der Waals surface area contributed by atoms with Crippen molar-refractivity contribution in [3.63, 3.8) is 0 Å². The highest BCUT2D eigenvalue weighted by Gasteiger charge is 2.28. The minimum absolute atomic E-state index is 0.0711. The van der Waals surface area contributed by atoms with E-state index in [4.69, 9.17) is 4.74 Å². The molecule has 6 nitrogen and oxygen atoms in total. The van der Waals surface area contributed by atoms with Crippen molar-refractivity contribution < 1.29 is 9.53 Å². The molecule has 1 saturated heterocycles. The van der Waals surface area contributed by atoms with Crippen molar-refractivity contribution >= 4 is 5.91 Å². The molecule has 0 radical (unpaired) electrons. The standard InChI is InChI=1S/C23H22N4O2/c1-29-19-7-4-6-17(13-19)21-15-25-26-22(21)16-9-11-27(12-10-16)23(28)20-8-3-2-5-18(20)14-24/h2-8,13,15-16H,9-12H2,1H3,(H,25,26). The molecule has 0 bridgehead atoms. The van der Waals surface area contributed by atoms with E-state index in [2.05, 4.69) is 16.3 Å². The smallest absolute Gasteiger partial charge is 0.255 e. The molecule has 6 heteroatoms. The predicted octanol–water partition coefficient (Wildman–Crippen LogP) is 3.98. The second-order valence-corrected chi connectivity index (χ2v) is 7.15. The number of ether oxygens (including phenoxy) is 1. The fourth-order valence-electron chi connectivity index (χ4n) is 3.94. The highest BCUT2D eigenvalue weighted by molar-refractivity contribution is 5.96. The second-order valence-electron chi connectivity index (χ2n) is 7.15. The van der Waals surface area contributed by atoms with E-state index in [0.717, 1.165) is 35.4 Å². The quantitative estimate of drug-likeness (QED) is 0.735. The number of nitrogens with one attached hydrogen (secondary N) is 1. The molecule has 1 aliphatic heterocycles. The normalized spacial score (nSPS) is 14.4. The van der Waals surface area contributed by atoms with Crippen molar-refractivity contribution in [3.05, 3.63) is 71.5 Å². The molecule has 1 aromatic heterocycles. The molecule has 0 unspecified atom stereocenters. The first kappa shape index (κ1) is 18.8. The van der Waals surface area contributed by atoms with Gasteiger partial charge in [0.05, 0.1) is 30.5 Å². The van der Waals surface area contributed by atoms with Crippen LogP contribution in [0.15, 0.2) is 54.7 Å². The Kier molecular flexibility index (Phi) is 5.30. The zero-order valence-electron chi connectivity index (χ0n) is 16.3. The summed E-state index contributed by atoms with van der Waals surface area (Å²) < 4.78 is 5.34. The topological polar surface area (TPSA) is 82.0 Å². The molecule has 0 aliphatic carbocycles. The number of carbonyl (C=O) groups excluding carboxylic acids is 1. The molecule has 2 aromatic carbocycles. The van der Waals surface area contributed by atoms with Gasteiger partial charge in [-0.3, -0.25) is 9.89 Å². The lowest BCUT2D eigenvalue weighted by Crippen LogP contribution is -2.38. The first-order valence-electron chi connectivity index (χ1n) is 9.67. The molecular weight excluding hydrogens is 364 g/mol. The Morgan fingerprint density at radius 1 is 1.21 bits per heavy atom. The summed E-state index contributed by atoms with van der Waals surface area (Å²) in [5, 5.41) is 16.7. The van der Waals surface area contributed by atoms with E-state index in [1.807, 2.05) is 35.4 Å². The third-order valence-electron chi connectivity index (χ3n) is 5.52. The third-order valence-corrected chi connectivity index (χ3v) is 5.52. The molecule has 0 atom stereocenters. The molecule has 1 amide bonds. The maximum absolute atomic E-state index is 12.9. The number of carbonyl (C=O) groups is 1. The number of nitriles is 1. The number of H-pyrrole nitrogens is 1. The molecular formula is C23H22N4O2. The van der Waals surface area contributed by atoms with Crippen molar-refractivity contribution in [3.8, 4) is 22.9 Å². The van der Waals surface area contributed by atoms with Gasteiger partial charge in [-0.1, -0.05) is 24.3 Å². The van der Waals surface area contributed by atoms with E-state index in [-0.39, 0.29) is 5.91 Å². The number of likely N-dealkylation sites (tertiary alicyclic amines) is 1. The molecule has 0 spiro atoms. The Morgan fingerprint density at radius 2 is 2.00 bits per heavy atom. The minimum Gasteiger partial charge on any atom is -0.497 e. The Balaban J connectivity index is 1.49. The average molecular weight is 386 g/mol. The lowest BCUT2D eigenvalue weighted by Gasteiger charge is -2.32. The average Bonchev–Trinajstić information content (AvgIpc) is 3.28. The summed E-state index contributed by atoms with van der Waals surface area (Å²) in [6, 6.07) is 17.0. The number of rotatable bonds is 4. The van der Waals surface area contributed by atoms with Crippen molar-refractivity contribution in [2.45, 2.75) is 18.8 Å². The van der Waals surface area contributed by atoms with Gasteiger partial charge in [-0.25, -0.2) is 0 Å². The minimum atomic E-state index is -0.0711. The molecule has 0 saturated carbocycles. The van der Waals surface area contributed by atoms with Crippen LogP contribution in [0.4, 0.5) is 0 Å². The zero-order chi connectivity index (χ0) is 20.2. The fourth-order valence-corrected chi connectivity index (χ4v) is 3.94. The van der Waals surface area contributed by atoms with Crippen LogP contribution in [0.5, 0.6) is 5.75 Å². The highest BCUT2D eigenvalue weighted by atomic mass is 16.5. The van der Waals surface area contributed by atoms with E-state index in [1.54, 1.807) is 31.4 Å². The van der Waals surface area contributed by atoms with Gasteiger partial charge in [0.1, 0.15) is 5.75 Å². The summed E-state index contributed by atoms with van der Waals surface area (Å²) in [6.45, 7) is 1.31. The van der Waals surface area contributed by atoms with Gasteiger partial charge in [-0.05, 0) is 42.7 Å². The highest BCUT2D eigenvalue weighted by Crippen LogP contribution is 2.35. The summed E-state index contributed by atoms with van der Waals surface area (Å²) in [7, 11) is 1.66. The van der Waals surface area contributed by atoms with Crippen LogP contribution in [0.1, 0.15) is 40.4 Å². The number of aromatic amines is 1. The van der Waals surface area contributed by atoms with Crippen molar-refractivity contribution in [2.75, 3.05) is 20.2 Å². The lowest BCUT2D eigenvalue weighted by atomic mass is 9.89. The summed E-state index contributed by atoms with van der Waals surface area (Å²) in [6.07, 6.45) is 3.55. The molecule has 1 fully saturated rings. The molecule has 146 valence electrons. The van der Waals surface area contributed by atoms with Crippen LogP contribution in [0, 0.1) is 11.3 Å². The maximum atomic E-state index is 12.9. The fraction of sp³-hybridized carbons (Fsp3) is 0.261. The van der Waals surface area contributed by atoms with Gasteiger partial charge in [0.2, 0.25) is 0 Å². The van der Waals surface area contributed by atoms with E-state index in [9.17, 15) is 10.1 Å². The molecule has 4 rings (SSSR count). The SMILES string of the molecule is COc1cccc(-c2cn[nH]c2C2CCN(C(=O)c3ccccc3C#N)CC2)c1. The number of methoxy groups -OCH3 is 1. The molecule has 1 N–H and O–H groups in total. The van der Waals surface area contributed by atoms with Crippen molar-refractivity contribution in [1.29, 1.82) is 5.26 Å². The Morgan fingerprint density at radius 3 is 2.76 bits per heavy atom. The lowest BCUT2D eigenvalue weighted by molar-refractivity contribution is 0.0712. The summed E-state index contributed by atoms with van der Waals surface area (Å²) in [4.78, 5) is 14.7. The number of amides is 1. The van der Waals surface area contributed by atoms with E-state index in [1.165, 1.54) is 0 Å². The Bertz CT molecular complexity index is 1060. The predicted molar refractivity (Wildman–Crippen MR) is 110 cm³/mol. The van der Waals surface area contributed by atoms with Crippen LogP contribution in [0.2, 0.25) is 0 Å². The zero-order valence-corrected chi connectivity index (χ0v) is 16.3. The van der Waals surface area contributed by atoms with Crippen LogP contribution in [-0.4, -0.2) is 41.2 Å². The van der Waals surface area contributed by atoms with Gasteiger partial charge in [-0.2, -0.15) is 10.4 Å². The van der Waals surface area contributed by atoms with Gasteiger partial charge in [0, 0.05) is 30.3 Å². The Hall–Kier alpha value is -3.59. The van der Waals surface area contributed by atoms with Gasteiger partial charge in [0.15, 0.2) is 0 Å². The largest absolute Gasteiger partial charge is 0.497 e. The Labute approximate surface area is 169 Å². The van der Waals surface area contributed by atoms with E-state index < -0.39 is 0 Å². The summed E-state index contributed by atoms with van der Waals surface area (Å²) in [5.74, 6) is 1.04. The number of hydrogen-bond donors (Lipinski definition) is 1. The van der Waals surface area contributed by atoms with Gasteiger partial charge in [-0.15, -0.1) is 0 Å². The van der Waals surface area contributed by atoms with E-state index in [0.29, 0.717) is 30.1 Å². The van der Waals surface area contributed by atoms with Gasteiger partial charge < -0.3 is 9.64 Å². The number of aromatic nitrogens is 2. The first-order chi connectivity index (χ1) is 14.2. The molecule has 2 heterocycles. The van der Waals surface area contributed by atoms with Crippen LogP contribution in [-0.2, 0) is 0 Å². The van der Waals surface area contributed by atoms with Crippen LogP contribution < -0.4 is 4.74 Å².